The Morgan fingerprint density at radius 1 is 0.913 bits per heavy atom. The minimum atomic E-state index is -4.40. The van der Waals surface area contributed by atoms with Crippen molar-refractivity contribution >= 4 is 10.9 Å². The Hall–Kier alpha value is -2.56. The molecule has 0 aliphatic carbocycles. The molecule has 0 saturated carbocycles. The monoisotopic (exact) mass is 317 g/mol. The average molecular weight is 317 g/mol. The Bertz CT molecular complexity index is 872. The van der Waals surface area contributed by atoms with E-state index < -0.39 is 11.7 Å². The number of halogens is 3. The minimum absolute atomic E-state index is 0.111. The average Bonchev–Trinajstić information content (AvgIpc) is 2.48. The lowest BCUT2D eigenvalue weighted by Crippen LogP contribution is -2.04. The Morgan fingerprint density at radius 3 is 2.39 bits per heavy atom. The van der Waals surface area contributed by atoms with E-state index in [4.69, 9.17) is 4.74 Å². The van der Waals surface area contributed by atoms with Gasteiger partial charge in [0.1, 0.15) is 5.75 Å². The lowest BCUT2D eigenvalue weighted by Gasteiger charge is -2.11. The summed E-state index contributed by atoms with van der Waals surface area (Å²) in [6.07, 6.45) is -4.40. The van der Waals surface area contributed by atoms with E-state index in [1.807, 2.05) is 32.0 Å². The zero-order chi connectivity index (χ0) is 16.6. The molecule has 0 amide bonds. The van der Waals surface area contributed by atoms with Crippen LogP contribution in [-0.2, 0) is 6.18 Å². The number of para-hydroxylation sites is 1. The van der Waals surface area contributed by atoms with Crippen molar-refractivity contribution in [2.24, 2.45) is 0 Å². The van der Waals surface area contributed by atoms with Crippen molar-refractivity contribution < 1.29 is 17.9 Å². The summed E-state index contributed by atoms with van der Waals surface area (Å²) in [7, 11) is 0. The van der Waals surface area contributed by atoms with Gasteiger partial charge in [0.15, 0.2) is 0 Å². The van der Waals surface area contributed by atoms with Gasteiger partial charge in [0.05, 0.1) is 11.1 Å². The molecule has 3 rings (SSSR count). The van der Waals surface area contributed by atoms with Gasteiger partial charge in [0.2, 0.25) is 5.88 Å². The first-order chi connectivity index (χ1) is 10.8. The first-order valence-corrected chi connectivity index (χ1v) is 7.07. The van der Waals surface area contributed by atoms with Gasteiger partial charge >= 0.3 is 6.18 Å². The Balaban J connectivity index is 2.01. The zero-order valence-corrected chi connectivity index (χ0v) is 12.6. The van der Waals surface area contributed by atoms with E-state index in [2.05, 4.69) is 4.98 Å². The predicted molar refractivity (Wildman–Crippen MR) is 82.7 cm³/mol. The number of rotatable bonds is 2. The summed E-state index contributed by atoms with van der Waals surface area (Å²) in [5.74, 6) is 0.392. The highest BCUT2D eigenvalue weighted by molar-refractivity contribution is 5.85. The van der Waals surface area contributed by atoms with Crippen molar-refractivity contribution in [2.75, 3.05) is 0 Å². The highest BCUT2D eigenvalue weighted by atomic mass is 19.4. The topological polar surface area (TPSA) is 22.1 Å². The number of benzene rings is 2. The summed E-state index contributed by atoms with van der Waals surface area (Å²) >= 11 is 0. The predicted octanol–water partition coefficient (Wildman–Crippen LogP) is 5.66. The van der Waals surface area contributed by atoms with Crippen molar-refractivity contribution in [1.29, 1.82) is 0 Å². The van der Waals surface area contributed by atoms with E-state index in [0.29, 0.717) is 0 Å². The minimum Gasteiger partial charge on any atom is -0.439 e. The van der Waals surface area contributed by atoms with E-state index in [9.17, 15) is 13.2 Å². The molecule has 5 heteroatoms. The van der Waals surface area contributed by atoms with E-state index in [-0.39, 0.29) is 11.6 Å². The van der Waals surface area contributed by atoms with Crippen LogP contribution < -0.4 is 4.74 Å². The van der Waals surface area contributed by atoms with Gasteiger partial charge in [-0.3, -0.25) is 0 Å². The maximum Gasteiger partial charge on any atom is 0.416 e. The molecule has 0 unspecified atom stereocenters. The molecule has 2 aromatic carbocycles. The molecule has 0 radical (unpaired) electrons. The van der Waals surface area contributed by atoms with Crippen LogP contribution in [0.3, 0.4) is 0 Å². The summed E-state index contributed by atoms with van der Waals surface area (Å²) < 4.78 is 43.8. The Labute approximate surface area is 131 Å². The fourth-order valence-corrected chi connectivity index (χ4v) is 2.44. The van der Waals surface area contributed by atoms with Gasteiger partial charge in [-0.15, -0.1) is 0 Å². The fraction of sp³-hybridized carbons (Fsp3) is 0.167. The summed E-state index contributed by atoms with van der Waals surface area (Å²) in [5, 5.41) is 1.00. The molecule has 0 atom stereocenters. The number of pyridine rings is 1. The van der Waals surface area contributed by atoms with Crippen molar-refractivity contribution in [3.8, 4) is 11.6 Å². The van der Waals surface area contributed by atoms with Gasteiger partial charge in [0, 0.05) is 11.5 Å². The smallest absolute Gasteiger partial charge is 0.416 e. The molecule has 23 heavy (non-hydrogen) atoms. The molecule has 0 N–H and O–H groups in total. The fourth-order valence-electron chi connectivity index (χ4n) is 2.44. The quantitative estimate of drug-likeness (QED) is 0.608. The van der Waals surface area contributed by atoms with Gasteiger partial charge in [-0.05, 0) is 43.2 Å². The molecule has 2 nitrogen and oxygen atoms in total. The van der Waals surface area contributed by atoms with Crippen molar-refractivity contribution in [3.05, 3.63) is 65.2 Å². The van der Waals surface area contributed by atoms with Crippen LogP contribution in [0, 0.1) is 13.8 Å². The molecule has 0 bridgehead atoms. The van der Waals surface area contributed by atoms with Gasteiger partial charge in [-0.25, -0.2) is 4.98 Å². The number of fused-ring (bicyclic) bond motifs is 1. The van der Waals surface area contributed by atoms with Crippen LogP contribution in [0.4, 0.5) is 13.2 Å². The van der Waals surface area contributed by atoms with E-state index in [0.717, 1.165) is 34.2 Å². The van der Waals surface area contributed by atoms with Crippen LogP contribution in [0.15, 0.2) is 48.5 Å². The van der Waals surface area contributed by atoms with Gasteiger partial charge < -0.3 is 4.74 Å². The van der Waals surface area contributed by atoms with Crippen LogP contribution in [0.2, 0.25) is 0 Å². The third-order valence-electron chi connectivity index (χ3n) is 3.61. The van der Waals surface area contributed by atoms with Crippen molar-refractivity contribution in [2.45, 2.75) is 20.0 Å². The van der Waals surface area contributed by atoms with E-state index >= 15 is 0 Å². The molecule has 118 valence electrons. The Kier molecular flexibility index (Phi) is 3.72. The lowest BCUT2D eigenvalue weighted by atomic mass is 10.1. The second-order valence-electron chi connectivity index (χ2n) is 5.38. The molecule has 3 aromatic rings. The molecule has 0 aliphatic rings. The van der Waals surface area contributed by atoms with E-state index in [1.54, 1.807) is 6.07 Å². The third kappa shape index (κ3) is 3.13. The highest BCUT2D eigenvalue weighted by Crippen LogP contribution is 2.33. The van der Waals surface area contributed by atoms with Crippen LogP contribution in [0.25, 0.3) is 10.9 Å². The number of hydrogen-bond donors (Lipinski definition) is 0. The largest absolute Gasteiger partial charge is 0.439 e. The first kappa shape index (κ1) is 15.3. The van der Waals surface area contributed by atoms with E-state index in [1.165, 1.54) is 12.1 Å². The zero-order valence-electron chi connectivity index (χ0n) is 12.6. The highest BCUT2D eigenvalue weighted by Gasteiger charge is 2.30. The normalized spacial score (nSPS) is 11.7. The molecule has 1 heterocycles. The van der Waals surface area contributed by atoms with Crippen molar-refractivity contribution in [1.82, 2.24) is 4.98 Å². The lowest BCUT2D eigenvalue weighted by molar-refractivity contribution is -0.137. The maximum absolute atomic E-state index is 12.8. The van der Waals surface area contributed by atoms with Crippen LogP contribution in [0.5, 0.6) is 11.6 Å². The molecule has 1 aromatic heterocycles. The first-order valence-electron chi connectivity index (χ1n) is 7.07. The third-order valence-corrected chi connectivity index (χ3v) is 3.61. The van der Waals surface area contributed by atoms with Gasteiger partial charge in [0.25, 0.3) is 0 Å². The molecule has 0 aliphatic heterocycles. The standard InChI is InChI=1S/C18H14F3NO/c1-11-5-3-8-15-12(2)9-16(22-17(11)15)23-14-7-4-6-13(10-14)18(19,20)21/h3-10H,1-2H3. The molecular weight excluding hydrogens is 303 g/mol. The number of aryl methyl sites for hydroxylation is 2. The van der Waals surface area contributed by atoms with Crippen LogP contribution in [-0.4, -0.2) is 4.98 Å². The van der Waals surface area contributed by atoms with Gasteiger partial charge in [-0.1, -0.05) is 24.3 Å². The molecule has 0 fully saturated rings. The molecule has 0 saturated heterocycles. The number of ether oxygens (including phenoxy) is 1. The number of aromatic nitrogens is 1. The second-order valence-corrected chi connectivity index (χ2v) is 5.38. The SMILES string of the molecule is Cc1cc(Oc2cccc(C(F)(F)F)c2)nc2c(C)cccc12. The number of alkyl halides is 3. The summed E-state index contributed by atoms with van der Waals surface area (Å²) in [6.45, 7) is 3.85. The van der Waals surface area contributed by atoms with Gasteiger partial charge in [-0.2, -0.15) is 13.2 Å². The second kappa shape index (κ2) is 5.57. The number of hydrogen-bond acceptors (Lipinski definition) is 2. The Morgan fingerprint density at radius 2 is 1.65 bits per heavy atom. The van der Waals surface area contributed by atoms with Crippen LogP contribution in [0.1, 0.15) is 16.7 Å². The summed E-state index contributed by atoms with van der Waals surface area (Å²) in [6, 6.07) is 12.3. The summed E-state index contributed by atoms with van der Waals surface area (Å²) in [4.78, 5) is 4.42. The van der Waals surface area contributed by atoms with Crippen LogP contribution >= 0.6 is 0 Å². The molecule has 0 spiro atoms. The molecular formula is C18H14F3NO. The summed E-state index contributed by atoms with van der Waals surface area (Å²) in [5.41, 5.74) is 1.99. The van der Waals surface area contributed by atoms with Crippen molar-refractivity contribution in [3.63, 3.8) is 0 Å². The number of nitrogens with zero attached hydrogens (tertiary/aromatic N) is 1. The maximum atomic E-state index is 12.8.